The first-order valence-corrected chi connectivity index (χ1v) is 6.35. The number of aromatic nitrogens is 2. The van der Waals surface area contributed by atoms with Crippen LogP contribution in [0, 0.1) is 0 Å². The van der Waals surface area contributed by atoms with Gasteiger partial charge in [-0.2, -0.15) is 0 Å². The molecule has 2 heterocycles. The van der Waals surface area contributed by atoms with Crippen molar-refractivity contribution in [2.75, 3.05) is 40.0 Å². The van der Waals surface area contributed by atoms with Crippen LogP contribution in [0.25, 0.3) is 0 Å². The number of ether oxygens (including phenoxy) is 2. The van der Waals surface area contributed by atoms with Crippen LogP contribution in [0.1, 0.15) is 10.6 Å². The predicted octanol–water partition coefficient (Wildman–Crippen LogP) is -0.671. The topological polar surface area (TPSA) is 82.6 Å². The lowest BCUT2D eigenvalue weighted by Gasteiger charge is -2.27. The second-order valence-corrected chi connectivity index (χ2v) is 4.64. The fourth-order valence-corrected chi connectivity index (χ4v) is 2.07. The summed E-state index contributed by atoms with van der Waals surface area (Å²) in [5.74, 6) is -0.206. The van der Waals surface area contributed by atoms with Crippen molar-refractivity contribution in [3.05, 3.63) is 18.2 Å². The molecular weight excluding hydrogens is 248 g/mol. The van der Waals surface area contributed by atoms with E-state index in [1.165, 1.54) is 0 Å². The number of nitrogens with zero attached hydrogens (tertiary/aromatic N) is 3. The Kier molecular flexibility index (Phi) is 4.89. The lowest BCUT2D eigenvalue weighted by Crippen LogP contribution is -2.39. The summed E-state index contributed by atoms with van der Waals surface area (Å²) in [6.45, 7) is 4.24. The SMILES string of the molecule is CN(CCn1ccnc1C(N)=O)CC1COCCO1. The van der Waals surface area contributed by atoms with Crippen LogP contribution in [0.5, 0.6) is 0 Å². The Hall–Kier alpha value is -1.44. The van der Waals surface area contributed by atoms with Crippen LogP contribution >= 0.6 is 0 Å². The smallest absolute Gasteiger partial charge is 0.284 e. The van der Waals surface area contributed by atoms with Crippen LogP contribution in [-0.2, 0) is 16.0 Å². The normalized spacial score (nSPS) is 19.8. The molecule has 1 atom stereocenters. The number of nitrogens with two attached hydrogens (primary N) is 1. The third-order valence-corrected chi connectivity index (χ3v) is 3.06. The molecule has 2 N–H and O–H groups in total. The molecule has 106 valence electrons. The lowest BCUT2D eigenvalue weighted by molar-refractivity contribution is -0.0958. The maximum atomic E-state index is 11.1. The molecule has 0 bridgehead atoms. The molecule has 1 unspecified atom stereocenters. The second kappa shape index (κ2) is 6.65. The van der Waals surface area contributed by atoms with Crippen molar-refractivity contribution in [1.82, 2.24) is 14.5 Å². The number of rotatable bonds is 6. The summed E-state index contributed by atoms with van der Waals surface area (Å²) in [5.41, 5.74) is 5.24. The van der Waals surface area contributed by atoms with Gasteiger partial charge in [-0.1, -0.05) is 0 Å². The number of amides is 1. The summed E-state index contributed by atoms with van der Waals surface area (Å²) in [5, 5.41) is 0. The van der Waals surface area contributed by atoms with Crippen LogP contribution in [0.4, 0.5) is 0 Å². The first-order chi connectivity index (χ1) is 9.16. The van der Waals surface area contributed by atoms with E-state index in [1.807, 2.05) is 7.05 Å². The molecule has 0 radical (unpaired) electrons. The fourth-order valence-electron chi connectivity index (χ4n) is 2.07. The van der Waals surface area contributed by atoms with E-state index in [0.717, 1.165) is 13.1 Å². The van der Waals surface area contributed by atoms with Crippen LogP contribution in [0.15, 0.2) is 12.4 Å². The van der Waals surface area contributed by atoms with E-state index in [2.05, 4.69) is 9.88 Å². The van der Waals surface area contributed by atoms with E-state index < -0.39 is 5.91 Å². The molecule has 1 saturated heterocycles. The quantitative estimate of drug-likeness (QED) is 0.740. The van der Waals surface area contributed by atoms with Crippen LogP contribution in [0.2, 0.25) is 0 Å². The zero-order valence-corrected chi connectivity index (χ0v) is 11.1. The van der Waals surface area contributed by atoms with Crippen molar-refractivity contribution >= 4 is 5.91 Å². The van der Waals surface area contributed by atoms with Crippen LogP contribution in [0.3, 0.4) is 0 Å². The summed E-state index contributed by atoms with van der Waals surface area (Å²) in [4.78, 5) is 17.2. The maximum absolute atomic E-state index is 11.1. The lowest BCUT2D eigenvalue weighted by atomic mass is 10.3. The van der Waals surface area contributed by atoms with Crippen molar-refractivity contribution in [3.63, 3.8) is 0 Å². The van der Waals surface area contributed by atoms with Crippen molar-refractivity contribution in [3.8, 4) is 0 Å². The number of primary amides is 1. The minimum absolute atomic E-state index is 0.122. The number of carbonyl (C=O) groups is 1. The van der Waals surface area contributed by atoms with Gasteiger partial charge < -0.3 is 24.7 Å². The van der Waals surface area contributed by atoms with E-state index >= 15 is 0 Å². The van der Waals surface area contributed by atoms with Gasteiger partial charge in [0.1, 0.15) is 0 Å². The van der Waals surface area contributed by atoms with Gasteiger partial charge in [-0.25, -0.2) is 4.98 Å². The van der Waals surface area contributed by atoms with Gasteiger partial charge >= 0.3 is 0 Å². The van der Waals surface area contributed by atoms with Gasteiger partial charge in [-0.3, -0.25) is 4.79 Å². The Morgan fingerprint density at radius 1 is 1.63 bits per heavy atom. The van der Waals surface area contributed by atoms with Gasteiger partial charge in [0.15, 0.2) is 5.82 Å². The molecule has 19 heavy (non-hydrogen) atoms. The molecule has 1 aromatic rings. The van der Waals surface area contributed by atoms with Gasteiger partial charge in [-0.05, 0) is 7.05 Å². The highest BCUT2D eigenvalue weighted by molar-refractivity contribution is 5.89. The monoisotopic (exact) mass is 268 g/mol. The summed E-state index contributed by atoms with van der Waals surface area (Å²) < 4.78 is 12.7. The number of hydrogen-bond acceptors (Lipinski definition) is 5. The second-order valence-electron chi connectivity index (χ2n) is 4.64. The Balaban J connectivity index is 1.77. The maximum Gasteiger partial charge on any atom is 0.284 e. The summed E-state index contributed by atoms with van der Waals surface area (Å²) in [7, 11) is 2.01. The molecular formula is C12H20N4O3. The van der Waals surface area contributed by atoms with Crippen LogP contribution in [-0.4, -0.2) is 66.4 Å². The minimum atomic E-state index is -0.503. The van der Waals surface area contributed by atoms with E-state index in [4.69, 9.17) is 15.2 Å². The van der Waals surface area contributed by atoms with E-state index in [1.54, 1.807) is 17.0 Å². The predicted molar refractivity (Wildman–Crippen MR) is 68.8 cm³/mol. The van der Waals surface area contributed by atoms with Crippen molar-refractivity contribution in [2.24, 2.45) is 5.73 Å². The zero-order chi connectivity index (χ0) is 13.7. The molecule has 7 nitrogen and oxygen atoms in total. The highest BCUT2D eigenvalue weighted by Crippen LogP contribution is 2.03. The highest BCUT2D eigenvalue weighted by atomic mass is 16.6. The van der Waals surface area contributed by atoms with Crippen molar-refractivity contribution < 1.29 is 14.3 Å². The van der Waals surface area contributed by atoms with E-state index in [9.17, 15) is 4.79 Å². The van der Waals surface area contributed by atoms with Gasteiger partial charge in [-0.15, -0.1) is 0 Å². The first-order valence-electron chi connectivity index (χ1n) is 6.35. The van der Waals surface area contributed by atoms with Crippen molar-refractivity contribution in [2.45, 2.75) is 12.6 Å². The Morgan fingerprint density at radius 2 is 2.47 bits per heavy atom. The Labute approximate surface area is 112 Å². The van der Waals surface area contributed by atoms with Crippen molar-refractivity contribution in [1.29, 1.82) is 0 Å². The van der Waals surface area contributed by atoms with Gasteiger partial charge in [0.2, 0.25) is 0 Å². The minimum Gasteiger partial charge on any atom is -0.376 e. The zero-order valence-electron chi connectivity index (χ0n) is 11.1. The molecule has 1 fully saturated rings. The summed E-state index contributed by atoms with van der Waals surface area (Å²) in [6, 6.07) is 0. The number of imidazole rings is 1. The molecule has 1 aliphatic rings. The Morgan fingerprint density at radius 3 is 3.16 bits per heavy atom. The molecule has 0 aromatic carbocycles. The third-order valence-electron chi connectivity index (χ3n) is 3.06. The highest BCUT2D eigenvalue weighted by Gasteiger charge is 2.16. The largest absolute Gasteiger partial charge is 0.376 e. The van der Waals surface area contributed by atoms with E-state index in [-0.39, 0.29) is 6.10 Å². The summed E-state index contributed by atoms with van der Waals surface area (Å²) >= 11 is 0. The van der Waals surface area contributed by atoms with Crippen LogP contribution < -0.4 is 5.73 Å². The summed E-state index contributed by atoms with van der Waals surface area (Å²) in [6.07, 6.45) is 3.46. The fraction of sp³-hybridized carbons (Fsp3) is 0.667. The molecule has 0 saturated carbocycles. The average Bonchev–Trinajstić information content (AvgIpc) is 2.86. The number of likely N-dealkylation sites (N-methyl/N-ethyl adjacent to an activating group) is 1. The molecule has 2 rings (SSSR count). The molecule has 0 spiro atoms. The first kappa shape index (κ1) is 14.0. The number of carbonyl (C=O) groups excluding carboxylic acids is 1. The molecule has 1 amide bonds. The average molecular weight is 268 g/mol. The Bertz CT molecular complexity index is 415. The molecule has 0 aliphatic carbocycles. The molecule has 1 aromatic heterocycles. The standard InChI is InChI=1S/C12H20N4O3/c1-15(8-10-9-18-6-7-19-10)4-5-16-3-2-14-12(16)11(13)17/h2-3,10H,4-9H2,1H3,(H2,13,17). The van der Waals surface area contributed by atoms with E-state index in [0.29, 0.717) is 32.2 Å². The molecule has 7 heteroatoms. The third kappa shape index (κ3) is 4.02. The van der Waals surface area contributed by atoms with Gasteiger partial charge in [0, 0.05) is 32.0 Å². The van der Waals surface area contributed by atoms with Gasteiger partial charge in [0.25, 0.3) is 5.91 Å². The van der Waals surface area contributed by atoms with Gasteiger partial charge in [0.05, 0.1) is 25.9 Å². The number of hydrogen-bond donors (Lipinski definition) is 1. The molecule has 1 aliphatic heterocycles.